The van der Waals surface area contributed by atoms with E-state index in [1.54, 1.807) is 7.11 Å². The lowest BCUT2D eigenvalue weighted by atomic mass is 10.2. The summed E-state index contributed by atoms with van der Waals surface area (Å²) < 4.78 is 11.1. The fourth-order valence-electron chi connectivity index (χ4n) is 1.48. The first-order valence-electron chi connectivity index (χ1n) is 5.19. The van der Waals surface area contributed by atoms with Crippen LogP contribution >= 0.6 is 15.9 Å². The second kappa shape index (κ2) is 4.88. The molecule has 1 aromatic rings. The lowest BCUT2D eigenvalue weighted by Crippen LogP contribution is -2.03. The normalized spacial score (nSPS) is 15.1. The fraction of sp³-hybridized carbons (Fsp3) is 0.500. The first-order chi connectivity index (χ1) is 7.35. The summed E-state index contributed by atoms with van der Waals surface area (Å²) in [6, 6.07) is 5.98. The highest BCUT2D eigenvalue weighted by atomic mass is 79.9. The van der Waals surface area contributed by atoms with Crippen LogP contribution < -0.4 is 9.47 Å². The minimum atomic E-state index is 0.762. The molecule has 0 N–H and O–H groups in total. The van der Waals surface area contributed by atoms with Crippen molar-refractivity contribution in [2.45, 2.75) is 18.2 Å². The van der Waals surface area contributed by atoms with Gasteiger partial charge in [0.1, 0.15) is 0 Å². The van der Waals surface area contributed by atoms with E-state index in [9.17, 15) is 0 Å². The van der Waals surface area contributed by atoms with Gasteiger partial charge in [0.05, 0.1) is 13.7 Å². The number of ether oxygens (including phenoxy) is 2. The van der Waals surface area contributed by atoms with Crippen molar-refractivity contribution in [3.05, 3.63) is 23.8 Å². The van der Waals surface area contributed by atoms with E-state index in [2.05, 4.69) is 22.0 Å². The van der Waals surface area contributed by atoms with Crippen molar-refractivity contribution < 1.29 is 9.47 Å². The van der Waals surface area contributed by atoms with Gasteiger partial charge in [0.2, 0.25) is 0 Å². The Morgan fingerprint density at radius 2 is 2.20 bits per heavy atom. The van der Waals surface area contributed by atoms with Crippen LogP contribution in [0.15, 0.2) is 18.2 Å². The monoisotopic (exact) mass is 270 g/mol. The molecule has 0 amide bonds. The van der Waals surface area contributed by atoms with Gasteiger partial charge >= 0.3 is 0 Å². The Balaban J connectivity index is 2.15. The number of hydrogen-bond donors (Lipinski definition) is 0. The van der Waals surface area contributed by atoms with E-state index >= 15 is 0 Å². The number of benzene rings is 1. The highest BCUT2D eigenvalue weighted by Crippen LogP contribution is 2.35. The lowest BCUT2D eigenvalue weighted by Gasteiger charge is -2.13. The molecule has 1 aliphatic carbocycles. The predicted octanol–water partition coefficient (Wildman–Crippen LogP) is 3.38. The average molecular weight is 271 g/mol. The van der Waals surface area contributed by atoms with E-state index in [-0.39, 0.29) is 0 Å². The van der Waals surface area contributed by atoms with Crippen LogP contribution in [0, 0.1) is 5.92 Å². The quantitative estimate of drug-likeness (QED) is 0.764. The molecule has 1 fully saturated rings. The van der Waals surface area contributed by atoms with E-state index in [0.717, 1.165) is 34.9 Å². The molecule has 3 heteroatoms. The highest BCUT2D eigenvalue weighted by molar-refractivity contribution is 9.08. The van der Waals surface area contributed by atoms with Crippen molar-refractivity contribution in [3.63, 3.8) is 0 Å². The number of hydrogen-bond acceptors (Lipinski definition) is 2. The van der Waals surface area contributed by atoms with Crippen LogP contribution in [0.5, 0.6) is 11.5 Å². The zero-order chi connectivity index (χ0) is 10.7. The Kier molecular flexibility index (Phi) is 3.52. The molecule has 2 rings (SSSR count). The Morgan fingerprint density at radius 3 is 2.80 bits per heavy atom. The van der Waals surface area contributed by atoms with Crippen LogP contribution in [0.25, 0.3) is 0 Å². The molecule has 0 atom stereocenters. The third-order valence-corrected chi connectivity index (χ3v) is 3.19. The molecule has 82 valence electrons. The van der Waals surface area contributed by atoms with E-state index in [0.29, 0.717) is 0 Å². The molecule has 0 radical (unpaired) electrons. The Labute approximate surface area is 98.7 Å². The average Bonchev–Trinajstić information content (AvgIpc) is 3.09. The predicted molar refractivity (Wildman–Crippen MR) is 63.8 cm³/mol. The summed E-state index contributed by atoms with van der Waals surface area (Å²) in [4.78, 5) is 0. The molecule has 0 heterocycles. The minimum Gasteiger partial charge on any atom is -0.493 e. The second-order valence-electron chi connectivity index (χ2n) is 3.84. The maximum absolute atomic E-state index is 5.82. The van der Waals surface area contributed by atoms with Crippen molar-refractivity contribution in [3.8, 4) is 11.5 Å². The van der Waals surface area contributed by atoms with E-state index in [4.69, 9.17) is 9.47 Å². The van der Waals surface area contributed by atoms with Crippen LogP contribution in [0.2, 0.25) is 0 Å². The first-order valence-corrected chi connectivity index (χ1v) is 6.32. The summed E-state index contributed by atoms with van der Waals surface area (Å²) in [5, 5.41) is 0.796. The molecule has 0 aliphatic heterocycles. The third-order valence-electron chi connectivity index (χ3n) is 2.58. The van der Waals surface area contributed by atoms with Crippen molar-refractivity contribution in [2.24, 2.45) is 5.92 Å². The fourth-order valence-corrected chi connectivity index (χ4v) is 1.92. The van der Waals surface area contributed by atoms with Gasteiger partial charge in [-0.05, 0) is 24.8 Å². The number of para-hydroxylation sites is 1. The van der Waals surface area contributed by atoms with Crippen LogP contribution in [-0.2, 0) is 5.33 Å². The van der Waals surface area contributed by atoms with Gasteiger partial charge in [-0.2, -0.15) is 0 Å². The maximum atomic E-state index is 5.82. The van der Waals surface area contributed by atoms with Crippen molar-refractivity contribution in [1.82, 2.24) is 0 Å². The van der Waals surface area contributed by atoms with Gasteiger partial charge in [-0.25, -0.2) is 0 Å². The van der Waals surface area contributed by atoms with Crippen molar-refractivity contribution in [1.29, 1.82) is 0 Å². The molecule has 1 saturated carbocycles. The van der Waals surface area contributed by atoms with Crippen LogP contribution in [-0.4, -0.2) is 13.7 Å². The first kappa shape index (κ1) is 10.8. The molecule has 1 aromatic carbocycles. The number of methoxy groups -OCH3 is 1. The molecule has 0 unspecified atom stereocenters. The topological polar surface area (TPSA) is 18.5 Å². The maximum Gasteiger partial charge on any atom is 0.165 e. The molecule has 15 heavy (non-hydrogen) atoms. The second-order valence-corrected chi connectivity index (χ2v) is 4.40. The molecular formula is C12H15BrO2. The highest BCUT2D eigenvalue weighted by Gasteiger charge is 2.23. The Bertz CT molecular complexity index is 312. The van der Waals surface area contributed by atoms with Crippen molar-refractivity contribution in [2.75, 3.05) is 13.7 Å². The van der Waals surface area contributed by atoms with Gasteiger partial charge in [0.25, 0.3) is 0 Å². The lowest BCUT2D eigenvalue weighted by molar-refractivity contribution is 0.278. The molecule has 0 spiro atoms. The SMILES string of the molecule is COc1cccc(CBr)c1OCC1CC1. The zero-order valence-electron chi connectivity index (χ0n) is 8.83. The summed E-state index contributed by atoms with van der Waals surface area (Å²) in [5.74, 6) is 2.48. The van der Waals surface area contributed by atoms with Crippen molar-refractivity contribution >= 4 is 15.9 Å². The molecule has 0 bridgehead atoms. The minimum absolute atomic E-state index is 0.762. The van der Waals surface area contributed by atoms with Gasteiger partial charge in [0, 0.05) is 10.9 Å². The van der Waals surface area contributed by atoms with E-state index < -0.39 is 0 Å². The molecule has 2 nitrogen and oxygen atoms in total. The smallest absolute Gasteiger partial charge is 0.165 e. The number of rotatable bonds is 5. The van der Waals surface area contributed by atoms with Crippen LogP contribution in [0.3, 0.4) is 0 Å². The number of halogens is 1. The van der Waals surface area contributed by atoms with Gasteiger partial charge < -0.3 is 9.47 Å². The molecular weight excluding hydrogens is 256 g/mol. The van der Waals surface area contributed by atoms with Gasteiger partial charge in [0.15, 0.2) is 11.5 Å². The Hall–Kier alpha value is -0.700. The summed E-state index contributed by atoms with van der Waals surface area (Å²) in [6.07, 6.45) is 2.61. The standard InChI is InChI=1S/C12H15BrO2/c1-14-11-4-2-3-10(7-13)12(11)15-8-9-5-6-9/h2-4,9H,5-8H2,1H3. The van der Waals surface area contributed by atoms with Gasteiger partial charge in [-0.3, -0.25) is 0 Å². The third kappa shape index (κ3) is 2.65. The summed E-state index contributed by atoms with van der Waals surface area (Å²) in [5.41, 5.74) is 1.15. The van der Waals surface area contributed by atoms with Crippen LogP contribution in [0.1, 0.15) is 18.4 Å². The summed E-state index contributed by atoms with van der Waals surface area (Å²) in [6.45, 7) is 0.820. The van der Waals surface area contributed by atoms with Crippen LogP contribution in [0.4, 0.5) is 0 Å². The van der Waals surface area contributed by atoms with E-state index in [1.807, 2.05) is 12.1 Å². The summed E-state index contributed by atoms with van der Waals surface area (Å²) in [7, 11) is 1.68. The van der Waals surface area contributed by atoms with Gasteiger partial charge in [-0.1, -0.05) is 28.1 Å². The molecule has 0 saturated heterocycles. The molecule has 0 aromatic heterocycles. The van der Waals surface area contributed by atoms with Gasteiger partial charge in [-0.15, -0.1) is 0 Å². The Morgan fingerprint density at radius 1 is 1.40 bits per heavy atom. The molecule has 1 aliphatic rings. The zero-order valence-corrected chi connectivity index (χ0v) is 10.4. The number of alkyl halides is 1. The largest absolute Gasteiger partial charge is 0.493 e. The van der Waals surface area contributed by atoms with E-state index in [1.165, 1.54) is 12.8 Å². The summed E-state index contributed by atoms with van der Waals surface area (Å²) >= 11 is 3.46.